The first-order valence-corrected chi connectivity index (χ1v) is 5.46. The third kappa shape index (κ3) is 2.39. The zero-order chi connectivity index (χ0) is 10.9. The molecule has 0 spiro atoms. The van der Waals surface area contributed by atoms with Crippen LogP contribution in [-0.4, -0.2) is 53.3 Å². The Bertz CT molecular complexity index is 219. The number of hydrogen-bond acceptors (Lipinski definition) is 2. The summed E-state index contributed by atoms with van der Waals surface area (Å²) in [5.41, 5.74) is 0.210. The van der Waals surface area contributed by atoms with Gasteiger partial charge in [-0.05, 0) is 20.8 Å². The number of likely N-dealkylation sites (tertiary alicyclic amines) is 1. The predicted molar refractivity (Wildman–Crippen MR) is 58.6 cm³/mol. The summed E-state index contributed by atoms with van der Waals surface area (Å²) < 4.78 is 0. The molecular formula is C10H19ClN2O. The largest absolute Gasteiger partial charge is 0.339 e. The summed E-state index contributed by atoms with van der Waals surface area (Å²) >= 11 is 5.49. The molecule has 0 aliphatic carbocycles. The van der Waals surface area contributed by atoms with E-state index in [1.165, 1.54) is 0 Å². The van der Waals surface area contributed by atoms with Gasteiger partial charge in [-0.25, -0.2) is 0 Å². The first kappa shape index (κ1) is 11.8. The molecule has 1 fully saturated rings. The maximum Gasteiger partial charge on any atom is 0.237 e. The Balaban J connectivity index is 2.38. The van der Waals surface area contributed by atoms with Gasteiger partial charge in [0.05, 0.1) is 6.04 Å². The lowest BCUT2D eigenvalue weighted by Crippen LogP contribution is -2.64. The van der Waals surface area contributed by atoms with Gasteiger partial charge in [0, 0.05) is 25.7 Å². The van der Waals surface area contributed by atoms with E-state index in [1.807, 2.05) is 7.05 Å². The number of hydrogen-bond donors (Lipinski definition) is 0. The average Bonchev–Trinajstić information content (AvgIpc) is 1.97. The first-order valence-electron chi connectivity index (χ1n) is 4.93. The highest BCUT2D eigenvalue weighted by Crippen LogP contribution is 2.23. The fourth-order valence-corrected chi connectivity index (χ4v) is 1.73. The smallest absolute Gasteiger partial charge is 0.237 e. The fraction of sp³-hybridized carbons (Fsp3) is 0.900. The maximum absolute atomic E-state index is 11.3. The lowest BCUT2D eigenvalue weighted by atomic mass is 9.97. The van der Waals surface area contributed by atoms with Crippen molar-refractivity contribution in [2.75, 3.05) is 26.0 Å². The summed E-state index contributed by atoms with van der Waals surface area (Å²) in [5.74, 6) is 0.105. The van der Waals surface area contributed by atoms with E-state index < -0.39 is 0 Å². The molecule has 4 heteroatoms. The summed E-state index contributed by atoms with van der Waals surface area (Å²) in [4.78, 5) is 15.4. The van der Waals surface area contributed by atoms with Crippen molar-refractivity contribution in [2.24, 2.45) is 0 Å². The number of amides is 1. The minimum absolute atomic E-state index is 0.0187. The van der Waals surface area contributed by atoms with E-state index in [9.17, 15) is 4.79 Å². The number of carbonyl (C=O) groups excluding carboxylic acids is 1. The summed E-state index contributed by atoms with van der Waals surface area (Å²) in [7, 11) is 1.83. The van der Waals surface area contributed by atoms with Crippen LogP contribution in [0.2, 0.25) is 0 Å². The molecule has 0 N–H and O–H groups in total. The molecule has 0 radical (unpaired) electrons. The highest BCUT2D eigenvalue weighted by atomic mass is 35.5. The Morgan fingerprint density at radius 1 is 1.50 bits per heavy atom. The standard InChI is InChI=1S/C10H19ClN2O/c1-10(2,3)13-6-8(7-13)12(4)9(14)5-11/h8H,5-7H2,1-4H3. The van der Waals surface area contributed by atoms with Gasteiger partial charge in [-0.2, -0.15) is 0 Å². The predicted octanol–water partition coefficient (Wildman–Crippen LogP) is 1.17. The Morgan fingerprint density at radius 2 is 2.00 bits per heavy atom. The zero-order valence-corrected chi connectivity index (χ0v) is 10.1. The van der Waals surface area contributed by atoms with Crippen LogP contribution >= 0.6 is 11.6 Å². The van der Waals surface area contributed by atoms with Crippen molar-refractivity contribution in [2.45, 2.75) is 32.4 Å². The molecule has 0 atom stereocenters. The molecule has 1 aliphatic rings. The number of likely N-dealkylation sites (N-methyl/N-ethyl adjacent to an activating group) is 1. The summed E-state index contributed by atoms with van der Waals surface area (Å²) in [6.45, 7) is 8.48. The Kier molecular flexibility index (Phi) is 3.43. The van der Waals surface area contributed by atoms with Crippen LogP contribution in [0.1, 0.15) is 20.8 Å². The van der Waals surface area contributed by atoms with Gasteiger partial charge in [0.25, 0.3) is 0 Å². The molecule has 0 saturated carbocycles. The first-order chi connectivity index (χ1) is 6.36. The molecule has 82 valence electrons. The third-order valence-corrected chi connectivity index (χ3v) is 3.10. The van der Waals surface area contributed by atoms with Gasteiger partial charge in [-0.15, -0.1) is 11.6 Å². The van der Waals surface area contributed by atoms with Crippen molar-refractivity contribution in [3.05, 3.63) is 0 Å². The molecule has 14 heavy (non-hydrogen) atoms. The Morgan fingerprint density at radius 3 is 2.36 bits per heavy atom. The number of halogens is 1. The van der Waals surface area contributed by atoms with Gasteiger partial charge in [0.2, 0.25) is 5.91 Å². The molecule has 0 aromatic heterocycles. The van der Waals surface area contributed by atoms with E-state index in [1.54, 1.807) is 4.90 Å². The van der Waals surface area contributed by atoms with Crippen molar-refractivity contribution in [1.29, 1.82) is 0 Å². The van der Waals surface area contributed by atoms with Crippen LogP contribution in [0, 0.1) is 0 Å². The molecule has 0 bridgehead atoms. The second-order valence-corrected chi connectivity index (χ2v) is 5.14. The zero-order valence-electron chi connectivity index (χ0n) is 9.38. The number of carbonyl (C=O) groups is 1. The summed E-state index contributed by atoms with van der Waals surface area (Å²) in [6, 6.07) is 0.348. The van der Waals surface area contributed by atoms with E-state index in [2.05, 4.69) is 25.7 Å². The van der Waals surface area contributed by atoms with E-state index in [4.69, 9.17) is 11.6 Å². The number of nitrogens with zero attached hydrogens (tertiary/aromatic N) is 2. The summed E-state index contributed by atoms with van der Waals surface area (Å²) in [6.07, 6.45) is 0. The van der Waals surface area contributed by atoms with Crippen molar-refractivity contribution < 1.29 is 4.79 Å². The molecular weight excluding hydrogens is 200 g/mol. The second-order valence-electron chi connectivity index (χ2n) is 4.87. The van der Waals surface area contributed by atoms with Crippen LogP contribution < -0.4 is 0 Å². The molecule has 0 aromatic carbocycles. The fourth-order valence-electron chi connectivity index (χ4n) is 1.55. The van der Waals surface area contributed by atoms with Gasteiger partial charge < -0.3 is 4.90 Å². The van der Waals surface area contributed by atoms with Gasteiger partial charge in [-0.3, -0.25) is 9.69 Å². The van der Waals surface area contributed by atoms with Crippen LogP contribution in [0.4, 0.5) is 0 Å². The monoisotopic (exact) mass is 218 g/mol. The molecule has 0 aromatic rings. The van der Waals surface area contributed by atoms with E-state index in [0.717, 1.165) is 13.1 Å². The van der Waals surface area contributed by atoms with Crippen LogP contribution in [-0.2, 0) is 4.79 Å². The van der Waals surface area contributed by atoms with E-state index in [0.29, 0.717) is 6.04 Å². The van der Waals surface area contributed by atoms with Crippen LogP contribution in [0.3, 0.4) is 0 Å². The van der Waals surface area contributed by atoms with Crippen molar-refractivity contribution >= 4 is 17.5 Å². The van der Waals surface area contributed by atoms with Gasteiger partial charge in [0.15, 0.2) is 0 Å². The molecule has 0 unspecified atom stereocenters. The maximum atomic E-state index is 11.3. The minimum atomic E-state index is 0.0187. The molecule has 1 saturated heterocycles. The van der Waals surface area contributed by atoms with Crippen LogP contribution in [0.5, 0.6) is 0 Å². The Hall–Kier alpha value is -0.280. The molecule has 1 heterocycles. The number of alkyl halides is 1. The Labute approximate surface area is 91.0 Å². The SMILES string of the molecule is CN(C(=O)CCl)C1CN(C(C)(C)C)C1. The normalized spacial score (nSPS) is 19.2. The highest BCUT2D eigenvalue weighted by Gasteiger charge is 2.37. The van der Waals surface area contributed by atoms with E-state index in [-0.39, 0.29) is 17.3 Å². The molecule has 1 aliphatic heterocycles. The topological polar surface area (TPSA) is 23.6 Å². The van der Waals surface area contributed by atoms with Crippen molar-refractivity contribution in [1.82, 2.24) is 9.80 Å². The summed E-state index contributed by atoms with van der Waals surface area (Å²) in [5, 5.41) is 0. The van der Waals surface area contributed by atoms with Crippen LogP contribution in [0.25, 0.3) is 0 Å². The lowest BCUT2D eigenvalue weighted by Gasteiger charge is -2.50. The number of rotatable bonds is 2. The lowest BCUT2D eigenvalue weighted by molar-refractivity contribution is -0.134. The molecule has 3 nitrogen and oxygen atoms in total. The molecule has 1 amide bonds. The average molecular weight is 219 g/mol. The second kappa shape index (κ2) is 4.07. The van der Waals surface area contributed by atoms with Crippen molar-refractivity contribution in [3.8, 4) is 0 Å². The van der Waals surface area contributed by atoms with E-state index >= 15 is 0 Å². The van der Waals surface area contributed by atoms with Gasteiger partial charge >= 0.3 is 0 Å². The quantitative estimate of drug-likeness (QED) is 0.650. The third-order valence-electron chi connectivity index (χ3n) is 2.87. The van der Waals surface area contributed by atoms with Crippen molar-refractivity contribution in [3.63, 3.8) is 0 Å². The van der Waals surface area contributed by atoms with Gasteiger partial charge in [0.1, 0.15) is 5.88 Å². The minimum Gasteiger partial charge on any atom is -0.339 e. The molecule has 1 rings (SSSR count). The highest BCUT2D eigenvalue weighted by molar-refractivity contribution is 6.27. The van der Waals surface area contributed by atoms with Crippen LogP contribution in [0.15, 0.2) is 0 Å². The van der Waals surface area contributed by atoms with Gasteiger partial charge in [-0.1, -0.05) is 0 Å².